The minimum atomic E-state index is 0.764. The van der Waals surface area contributed by atoms with E-state index in [4.69, 9.17) is 4.74 Å². The number of nitrogens with one attached hydrogen (secondary N) is 1. The summed E-state index contributed by atoms with van der Waals surface area (Å²) in [6.45, 7) is 4.48. The number of rotatable bonds is 4. The molecule has 2 atom stereocenters. The van der Waals surface area contributed by atoms with E-state index in [9.17, 15) is 0 Å². The van der Waals surface area contributed by atoms with Crippen LogP contribution in [0.1, 0.15) is 44.9 Å². The van der Waals surface area contributed by atoms with Crippen molar-refractivity contribution in [2.24, 2.45) is 0 Å². The van der Waals surface area contributed by atoms with Gasteiger partial charge in [0.05, 0.1) is 0 Å². The van der Waals surface area contributed by atoms with Crippen LogP contribution < -0.4 is 5.32 Å². The molecule has 98 valence electrons. The zero-order valence-electron chi connectivity index (χ0n) is 10.9. The minimum Gasteiger partial charge on any atom is -0.381 e. The molecule has 0 aromatic carbocycles. The predicted molar refractivity (Wildman–Crippen MR) is 69.2 cm³/mol. The first-order chi connectivity index (χ1) is 8.43. The first kappa shape index (κ1) is 11.9. The third kappa shape index (κ3) is 3.21. The lowest BCUT2D eigenvalue weighted by Gasteiger charge is -2.33. The topological polar surface area (TPSA) is 24.5 Å². The van der Waals surface area contributed by atoms with E-state index in [0.29, 0.717) is 0 Å². The van der Waals surface area contributed by atoms with Gasteiger partial charge in [0, 0.05) is 37.9 Å². The van der Waals surface area contributed by atoms with Gasteiger partial charge in [-0.15, -0.1) is 0 Å². The van der Waals surface area contributed by atoms with Gasteiger partial charge in [-0.3, -0.25) is 4.90 Å². The number of ether oxygens (including phenoxy) is 1. The monoisotopic (exact) mass is 238 g/mol. The second-order valence-electron chi connectivity index (χ2n) is 5.92. The number of nitrogens with zero attached hydrogens (tertiary/aromatic N) is 1. The van der Waals surface area contributed by atoms with Gasteiger partial charge in [-0.2, -0.15) is 0 Å². The van der Waals surface area contributed by atoms with Gasteiger partial charge in [0.1, 0.15) is 0 Å². The van der Waals surface area contributed by atoms with Gasteiger partial charge in [0.2, 0.25) is 0 Å². The highest BCUT2D eigenvalue weighted by atomic mass is 16.5. The molecule has 3 fully saturated rings. The lowest BCUT2D eigenvalue weighted by Crippen LogP contribution is -2.44. The molecule has 0 spiro atoms. The van der Waals surface area contributed by atoms with Crippen molar-refractivity contribution in [2.75, 3.05) is 26.3 Å². The summed E-state index contributed by atoms with van der Waals surface area (Å²) in [5, 5.41) is 3.65. The van der Waals surface area contributed by atoms with Gasteiger partial charge >= 0.3 is 0 Å². The molecule has 0 bridgehead atoms. The standard InChI is InChI=1S/C14H26N2O/c1-3-12(15-8-1)11-16(14-5-6-14)13-4-2-9-17-10-7-13/h12-15H,1-11H2. The van der Waals surface area contributed by atoms with Crippen molar-refractivity contribution in [1.29, 1.82) is 0 Å². The maximum absolute atomic E-state index is 5.60. The van der Waals surface area contributed by atoms with Crippen LogP contribution in [0, 0.1) is 0 Å². The Morgan fingerprint density at radius 2 is 1.82 bits per heavy atom. The Morgan fingerprint density at radius 3 is 2.59 bits per heavy atom. The molecule has 3 rings (SSSR count). The van der Waals surface area contributed by atoms with Crippen LogP contribution in [0.4, 0.5) is 0 Å². The summed E-state index contributed by atoms with van der Waals surface area (Å²) in [7, 11) is 0. The van der Waals surface area contributed by atoms with E-state index in [-0.39, 0.29) is 0 Å². The first-order valence-corrected chi connectivity index (χ1v) is 7.50. The molecule has 0 radical (unpaired) electrons. The minimum absolute atomic E-state index is 0.764. The SMILES string of the molecule is C1CNC(CN(C2CCCOCC2)C2CC2)C1. The summed E-state index contributed by atoms with van der Waals surface area (Å²) in [6, 6.07) is 2.47. The Morgan fingerprint density at radius 1 is 0.941 bits per heavy atom. The average molecular weight is 238 g/mol. The fourth-order valence-electron chi connectivity index (χ4n) is 3.39. The van der Waals surface area contributed by atoms with Crippen molar-refractivity contribution in [2.45, 2.75) is 63.1 Å². The molecule has 2 aliphatic heterocycles. The fraction of sp³-hybridized carbons (Fsp3) is 1.00. The average Bonchev–Trinajstić information content (AvgIpc) is 3.11. The summed E-state index contributed by atoms with van der Waals surface area (Å²) in [6.07, 6.45) is 9.48. The predicted octanol–water partition coefficient (Wildman–Crippen LogP) is 1.77. The largest absolute Gasteiger partial charge is 0.381 e. The van der Waals surface area contributed by atoms with Crippen molar-refractivity contribution in [1.82, 2.24) is 10.2 Å². The molecule has 3 aliphatic rings. The maximum atomic E-state index is 5.60. The highest BCUT2D eigenvalue weighted by Crippen LogP contribution is 2.32. The van der Waals surface area contributed by atoms with Crippen LogP contribution in [0.25, 0.3) is 0 Å². The molecule has 0 aromatic rings. The third-order valence-corrected chi connectivity index (χ3v) is 4.50. The smallest absolute Gasteiger partial charge is 0.0480 e. The van der Waals surface area contributed by atoms with Crippen LogP contribution in [0.3, 0.4) is 0 Å². The molecule has 1 saturated carbocycles. The number of hydrogen-bond acceptors (Lipinski definition) is 3. The molecule has 17 heavy (non-hydrogen) atoms. The van der Waals surface area contributed by atoms with Crippen molar-refractivity contribution in [3.05, 3.63) is 0 Å². The van der Waals surface area contributed by atoms with Gasteiger partial charge < -0.3 is 10.1 Å². The second kappa shape index (κ2) is 5.68. The van der Waals surface area contributed by atoms with Crippen LogP contribution in [0.2, 0.25) is 0 Å². The van der Waals surface area contributed by atoms with E-state index in [2.05, 4.69) is 10.2 Å². The quantitative estimate of drug-likeness (QED) is 0.808. The maximum Gasteiger partial charge on any atom is 0.0480 e. The summed E-state index contributed by atoms with van der Waals surface area (Å²) in [4.78, 5) is 2.82. The van der Waals surface area contributed by atoms with Crippen LogP contribution in [-0.2, 0) is 4.74 Å². The zero-order chi connectivity index (χ0) is 11.5. The van der Waals surface area contributed by atoms with E-state index in [1.165, 1.54) is 58.0 Å². The molecular formula is C14H26N2O. The van der Waals surface area contributed by atoms with Crippen LogP contribution in [-0.4, -0.2) is 49.3 Å². The van der Waals surface area contributed by atoms with Gasteiger partial charge in [-0.25, -0.2) is 0 Å². The molecule has 1 N–H and O–H groups in total. The first-order valence-electron chi connectivity index (χ1n) is 7.50. The summed E-state index contributed by atoms with van der Waals surface area (Å²) in [5.74, 6) is 0. The van der Waals surface area contributed by atoms with Crippen LogP contribution >= 0.6 is 0 Å². The van der Waals surface area contributed by atoms with E-state index in [0.717, 1.165) is 31.3 Å². The van der Waals surface area contributed by atoms with Crippen LogP contribution in [0.5, 0.6) is 0 Å². The highest BCUT2D eigenvalue weighted by molar-refractivity contribution is 4.92. The van der Waals surface area contributed by atoms with Gasteiger partial charge in [-0.05, 0) is 51.5 Å². The van der Waals surface area contributed by atoms with E-state index >= 15 is 0 Å². The Balaban J connectivity index is 1.57. The summed E-state index contributed by atoms with van der Waals surface area (Å²) in [5.41, 5.74) is 0. The summed E-state index contributed by atoms with van der Waals surface area (Å²) < 4.78 is 5.60. The highest BCUT2D eigenvalue weighted by Gasteiger charge is 2.35. The van der Waals surface area contributed by atoms with E-state index < -0.39 is 0 Å². The molecule has 0 aromatic heterocycles. The normalized spacial score (nSPS) is 35.1. The van der Waals surface area contributed by atoms with Gasteiger partial charge in [-0.1, -0.05) is 0 Å². The van der Waals surface area contributed by atoms with Crippen LogP contribution in [0.15, 0.2) is 0 Å². The molecule has 2 saturated heterocycles. The third-order valence-electron chi connectivity index (χ3n) is 4.50. The Hall–Kier alpha value is -0.120. The Bertz CT molecular complexity index is 228. The van der Waals surface area contributed by atoms with Gasteiger partial charge in [0.15, 0.2) is 0 Å². The second-order valence-corrected chi connectivity index (χ2v) is 5.92. The van der Waals surface area contributed by atoms with E-state index in [1.807, 2.05) is 0 Å². The molecule has 3 heteroatoms. The van der Waals surface area contributed by atoms with Gasteiger partial charge in [0.25, 0.3) is 0 Å². The lowest BCUT2D eigenvalue weighted by atomic mass is 10.1. The summed E-state index contributed by atoms with van der Waals surface area (Å²) >= 11 is 0. The molecule has 3 nitrogen and oxygen atoms in total. The Kier molecular flexibility index (Phi) is 3.99. The zero-order valence-corrected chi connectivity index (χ0v) is 10.9. The Labute approximate surface area is 105 Å². The molecule has 1 aliphatic carbocycles. The lowest BCUT2D eigenvalue weighted by molar-refractivity contribution is 0.122. The molecule has 2 heterocycles. The number of hydrogen-bond donors (Lipinski definition) is 1. The van der Waals surface area contributed by atoms with Crippen molar-refractivity contribution in [3.63, 3.8) is 0 Å². The van der Waals surface area contributed by atoms with E-state index in [1.54, 1.807) is 0 Å². The van der Waals surface area contributed by atoms with Crippen molar-refractivity contribution >= 4 is 0 Å². The fourth-order valence-corrected chi connectivity index (χ4v) is 3.39. The van der Waals surface area contributed by atoms with Crippen molar-refractivity contribution in [3.8, 4) is 0 Å². The molecular weight excluding hydrogens is 212 g/mol. The molecule has 0 amide bonds. The molecule has 2 unspecified atom stereocenters. The van der Waals surface area contributed by atoms with Crippen molar-refractivity contribution < 1.29 is 4.74 Å².